The predicted octanol–water partition coefficient (Wildman–Crippen LogP) is 1.80. The van der Waals surface area contributed by atoms with Crippen molar-refractivity contribution in [3.8, 4) is 0 Å². The molecule has 2 rings (SSSR count). The molecule has 0 radical (unpaired) electrons. The fourth-order valence-electron chi connectivity index (χ4n) is 1.75. The molecule has 0 aliphatic carbocycles. The van der Waals surface area contributed by atoms with Gasteiger partial charge in [0.2, 0.25) is 0 Å². The van der Waals surface area contributed by atoms with E-state index in [0.717, 1.165) is 26.1 Å². The molecule has 0 aromatic carbocycles. The number of nitrogens with one attached hydrogen (secondary N) is 1. The van der Waals surface area contributed by atoms with E-state index in [9.17, 15) is 0 Å². The molecule has 4 heteroatoms. The van der Waals surface area contributed by atoms with Gasteiger partial charge in [0, 0.05) is 30.4 Å². The Balaban J connectivity index is 1.97. The third-order valence-corrected chi connectivity index (χ3v) is 3.91. The zero-order valence-corrected chi connectivity index (χ0v) is 10.1. The van der Waals surface area contributed by atoms with Crippen molar-refractivity contribution in [3.63, 3.8) is 0 Å². The van der Waals surface area contributed by atoms with Crippen molar-refractivity contribution in [2.24, 2.45) is 0 Å². The molecule has 1 aliphatic heterocycles. The number of thiazole rings is 1. The highest BCUT2D eigenvalue weighted by molar-refractivity contribution is 7.09. The Hall–Kier alpha value is -0.450. The fraction of sp³-hybridized carbons (Fsp3) is 0.727. The molecule has 15 heavy (non-hydrogen) atoms. The van der Waals surface area contributed by atoms with E-state index in [1.54, 1.807) is 11.3 Å². The third-order valence-electron chi connectivity index (χ3n) is 2.86. The lowest BCUT2D eigenvalue weighted by Crippen LogP contribution is -2.23. The smallest absolute Gasteiger partial charge is 0.0983 e. The van der Waals surface area contributed by atoms with E-state index in [0.29, 0.717) is 12.0 Å². The van der Waals surface area contributed by atoms with E-state index < -0.39 is 0 Å². The second-order valence-corrected chi connectivity index (χ2v) is 5.02. The van der Waals surface area contributed by atoms with Gasteiger partial charge < -0.3 is 10.1 Å². The van der Waals surface area contributed by atoms with Crippen LogP contribution >= 0.6 is 11.3 Å². The first kappa shape index (κ1) is 11.0. The van der Waals surface area contributed by atoms with Gasteiger partial charge in [0.25, 0.3) is 0 Å². The summed E-state index contributed by atoms with van der Waals surface area (Å²) >= 11 is 1.78. The van der Waals surface area contributed by atoms with E-state index >= 15 is 0 Å². The minimum atomic E-state index is 0.500. The molecule has 1 saturated heterocycles. The summed E-state index contributed by atoms with van der Waals surface area (Å²) in [7, 11) is 1.99. The van der Waals surface area contributed by atoms with E-state index in [1.807, 2.05) is 7.05 Å². The number of ether oxygens (including phenoxy) is 1. The number of rotatable bonds is 4. The molecule has 1 N–H and O–H groups in total. The lowest BCUT2D eigenvalue weighted by atomic mass is 10.1. The van der Waals surface area contributed by atoms with Gasteiger partial charge in [-0.05, 0) is 20.4 Å². The van der Waals surface area contributed by atoms with Gasteiger partial charge in [-0.2, -0.15) is 0 Å². The van der Waals surface area contributed by atoms with Crippen LogP contribution < -0.4 is 5.32 Å². The van der Waals surface area contributed by atoms with Crippen LogP contribution in [0.15, 0.2) is 5.38 Å². The second-order valence-electron chi connectivity index (χ2n) is 4.13. The fourth-order valence-corrected chi connectivity index (χ4v) is 2.70. The molecule has 0 amide bonds. The highest BCUT2D eigenvalue weighted by Gasteiger charge is 2.20. The molecule has 1 aromatic heterocycles. The summed E-state index contributed by atoms with van der Waals surface area (Å²) < 4.78 is 5.38. The van der Waals surface area contributed by atoms with Crippen LogP contribution in [0, 0.1) is 0 Å². The number of aromatic nitrogens is 1. The minimum absolute atomic E-state index is 0.500. The molecule has 2 unspecified atom stereocenters. The van der Waals surface area contributed by atoms with Gasteiger partial charge >= 0.3 is 0 Å². The van der Waals surface area contributed by atoms with Crippen LogP contribution in [0.2, 0.25) is 0 Å². The number of hydrogen-bond acceptors (Lipinski definition) is 4. The molecule has 0 spiro atoms. The Morgan fingerprint density at radius 2 is 2.60 bits per heavy atom. The quantitative estimate of drug-likeness (QED) is 0.850. The van der Waals surface area contributed by atoms with Gasteiger partial charge in [-0.25, -0.2) is 4.98 Å². The Morgan fingerprint density at radius 3 is 3.27 bits per heavy atom. The Morgan fingerprint density at radius 1 is 1.73 bits per heavy atom. The molecule has 2 atom stereocenters. The van der Waals surface area contributed by atoms with Gasteiger partial charge in [0.05, 0.1) is 17.3 Å². The van der Waals surface area contributed by atoms with E-state index in [-0.39, 0.29) is 0 Å². The number of nitrogens with zero attached hydrogens (tertiary/aromatic N) is 1. The summed E-state index contributed by atoms with van der Waals surface area (Å²) in [6.45, 7) is 3.93. The highest BCUT2D eigenvalue weighted by Crippen LogP contribution is 2.27. The van der Waals surface area contributed by atoms with Crippen LogP contribution in [0.25, 0.3) is 0 Å². The Bertz CT molecular complexity index is 307. The average Bonchev–Trinajstić information content (AvgIpc) is 2.85. The van der Waals surface area contributed by atoms with Gasteiger partial charge in [0.1, 0.15) is 0 Å². The van der Waals surface area contributed by atoms with Gasteiger partial charge in [0.15, 0.2) is 0 Å². The molecule has 0 bridgehead atoms. The summed E-state index contributed by atoms with van der Waals surface area (Å²) in [6.07, 6.45) is 2.15. The monoisotopic (exact) mass is 226 g/mol. The maximum Gasteiger partial charge on any atom is 0.0983 e. The van der Waals surface area contributed by atoms with Crippen molar-refractivity contribution in [2.75, 3.05) is 20.3 Å². The zero-order chi connectivity index (χ0) is 10.7. The number of likely N-dealkylation sites (N-methyl/N-ethyl adjacent to an activating group) is 1. The molecule has 0 saturated carbocycles. The molecule has 2 heterocycles. The predicted molar refractivity (Wildman–Crippen MR) is 62.5 cm³/mol. The van der Waals surface area contributed by atoms with Crippen LogP contribution in [-0.4, -0.2) is 31.3 Å². The summed E-state index contributed by atoms with van der Waals surface area (Å²) in [5, 5.41) is 6.67. The molecule has 1 fully saturated rings. The summed E-state index contributed by atoms with van der Waals surface area (Å²) in [4.78, 5) is 4.68. The molecule has 1 aliphatic rings. The van der Waals surface area contributed by atoms with Crippen molar-refractivity contribution in [1.82, 2.24) is 10.3 Å². The zero-order valence-electron chi connectivity index (χ0n) is 9.32. The van der Waals surface area contributed by atoms with Crippen LogP contribution in [0.3, 0.4) is 0 Å². The first-order valence-electron chi connectivity index (χ1n) is 5.49. The standard InChI is InChI=1S/C11H18N2OS/c1-8(12-2)5-10-7-15-11(13-10)9-3-4-14-6-9/h7-9,12H,3-6H2,1-2H3. The second kappa shape index (κ2) is 5.05. The first-order valence-corrected chi connectivity index (χ1v) is 6.37. The van der Waals surface area contributed by atoms with E-state index in [4.69, 9.17) is 4.74 Å². The Labute approximate surface area is 94.9 Å². The van der Waals surface area contributed by atoms with Gasteiger partial charge in [-0.15, -0.1) is 11.3 Å². The average molecular weight is 226 g/mol. The lowest BCUT2D eigenvalue weighted by Gasteiger charge is -2.07. The molecular weight excluding hydrogens is 208 g/mol. The van der Waals surface area contributed by atoms with E-state index in [1.165, 1.54) is 10.7 Å². The van der Waals surface area contributed by atoms with Crippen molar-refractivity contribution in [2.45, 2.75) is 31.7 Å². The lowest BCUT2D eigenvalue weighted by molar-refractivity contribution is 0.194. The SMILES string of the molecule is CNC(C)Cc1csc(C2CCOC2)n1. The van der Waals surface area contributed by atoms with Gasteiger partial charge in [-0.1, -0.05) is 0 Å². The van der Waals surface area contributed by atoms with Crippen LogP contribution in [0.1, 0.15) is 30.0 Å². The summed E-state index contributed by atoms with van der Waals surface area (Å²) in [5.41, 5.74) is 1.21. The van der Waals surface area contributed by atoms with Crippen LogP contribution in [0.5, 0.6) is 0 Å². The normalized spacial score (nSPS) is 23.2. The topological polar surface area (TPSA) is 34.1 Å². The largest absolute Gasteiger partial charge is 0.381 e. The molecule has 1 aromatic rings. The van der Waals surface area contributed by atoms with Gasteiger partial charge in [-0.3, -0.25) is 0 Å². The summed E-state index contributed by atoms with van der Waals surface area (Å²) in [5.74, 6) is 0.550. The maximum absolute atomic E-state index is 5.38. The summed E-state index contributed by atoms with van der Waals surface area (Å²) in [6, 6.07) is 0.500. The van der Waals surface area contributed by atoms with E-state index in [2.05, 4.69) is 22.6 Å². The first-order chi connectivity index (χ1) is 7.29. The number of hydrogen-bond donors (Lipinski definition) is 1. The van der Waals surface area contributed by atoms with Crippen molar-refractivity contribution in [1.29, 1.82) is 0 Å². The molecular formula is C11H18N2OS. The third kappa shape index (κ3) is 2.77. The van der Waals surface area contributed by atoms with Crippen LogP contribution in [0.4, 0.5) is 0 Å². The maximum atomic E-state index is 5.38. The Kier molecular flexibility index (Phi) is 3.72. The van der Waals surface area contributed by atoms with Crippen LogP contribution in [-0.2, 0) is 11.2 Å². The molecule has 3 nitrogen and oxygen atoms in total. The van der Waals surface area contributed by atoms with Crippen molar-refractivity contribution >= 4 is 11.3 Å². The van der Waals surface area contributed by atoms with Crippen molar-refractivity contribution < 1.29 is 4.74 Å². The van der Waals surface area contributed by atoms with Crippen molar-refractivity contribution in [3.05, 3.63) is 16.1 Å². The highest BCUT2D eigenvalue weighted by atomic mass is 32.1. The minimum Gasteiger partial charge on any atom is -0.381 e. The molecule has 84 valence electrons.